The number of methoxy groups -OCH3 is 1. The lowest BCUT2D eigenvalue weighted by atomic mass is 9.87. The summed E-state index contributed by atoms with van der Waals surface area (Å²) in [6.45, 7) is 2.88. The van der Waals surface area contributed by atoms with Crippen molar-refractivity contribution in [1.29, 1.82) is 0 Å². The molecule has 1 fully saturated rings. The summed E-state index contributed by atoms with van der Waals surface area (Å²) in [6, 6.07) is 0.227. The molecule has 2 atom stereocenters. The number of nitrogens with one attached hydrogen (secondary N) is 2. The zero-order valence-corrected chi connectivity index (χ0v) is 12.6. The van der Waals surface area contributed by atoms with Gasteiger partial charge in [-0.05, 0) is 18.8 Å². The van der Waals surface area contributed by atoms with Crippen LogP contribution in [0, 0.1) is 5.92 Å². The molecule has 1 aliphatic carbocycles. The summed E-state index contributed by atoms with van der Waals surface area (Å²) in [4.78, 5) is 26.1. The number of anilines is 2. The van der Waals surface area contributed by atoms with Gasteiger partial charge < -0.3 is 15.8 Å². The molecule has 0 saturated heterocycles. The number of hydrogen-bond acceptors (Lipinski definition) is 5. The predicted molar refractivity (Wildman–Crippen MR) is 82.7 cm³/mol. The predicted octanol–water partition coefficient (Wildman–Crippen LogP) is 0.756. The van der Waals surface area contributed by atoms with Gasteiger partial charge in [0.25, 0.3) is 5.56 Å². The Morgan fingerprint density at radius 3 is 2.86 bits per heavy atom. The zero-order chi connectivity index (χ0) is 15.4. The zero-order valence-electron chi connectivity index (χ0n) is 12.6. The van der Waals surface area contributed by atoms with E-state index in [-0.39, 0.29) is 11.9 Å². The van der Waals surface area contributed by atoms with E-state index in [4.69, 9.17) is 10.5 Å². The van der Waals surface area contributed by atoms with E-state index in [0.717, 1.165) is 19.3 Å². The summed E-state index contributed by atoms with van der Waals surface area (Å²) in [6.07, 6.45) is 4.38. The Bertz CT molecular complexity index is 593. The van der Waals surface area contributed by atoms with Crippen molar-refractivity contribution in [3.8, 4) is 0 Å². The number of nitrogens with zero attached hydrogens (tertiary/aromatic N) is 1. The molecule has 1 saturated carbocycles. The number of aromatic nitrogens is 2. The number of rotatable bonds is 5. The SMILES string of the molecule is COCCn1c(N)c(NC2CCCC(C)C2)c(=O)[nH]c1=O. The summed E-state index contributed by atoms with van der Waals surface area (Å²) in [5.74, 6) is 0.815. The highest BCUT2D eigenvalue weighted by molar-refractivity contribution is 5.60. The Hall–Kier alpha value is -1.76. The lowest BCUT2D eigenvalue weighted by Gasteiger charge is -2.28. The Morgan fingerprint density at radius 1 is 1.43 bits per heavy atom. The van der Waals surface area contributed by atoms with Gasteiger partial charge in [-0.25, -0.2) is 4.79 Å². The van der Waals surface area contributed by atoms with Crippen LogP contribution in [0.25, 0.3) is 0 Å². The molecule has 2 rings (SSSR count). The van der Waals surface area contributed by atoms with Crippen LogP contribution >= 0.6 is 0 Å². The molecule has 1 aromatic rings. The number of ether oxygens (including phenoxy) is 1. The third-order valence-electron chi connectivity index (χ3n) is 4.04. The summed E-state index contributed by atoms with van der Waals surface area (Å²) in [5, 5.41) is 3.22. The molecular weight excluding hydrogens is 272 g/mol. The minimum absolute atomic E-state index is 0.180. The summed E-state index contributed by atoms with van der Waals surface area (Å²) < 4.78 is 6.30. The van der Waals surface area contributed by atoms with E-state index < -0.39 is 11.2 Å². The van der Waals surface area contributed by atoms with Gasteiger partial charge in [-0.3, -0.25) is 14.3 Å². The van der Waals surface area contributed by atoms with Gasteiger partial charge in [0, 0.05) is 13.2 Å². The van der Waals surface area contributed by atoms with Crippen molar-refractivity contribution in [1.82, 2.24) is 9.55 Å². The average molecular weight is 296 g/mol. The van der Waals surface area contributed by atoms with Crippen LogP contribution in [0.15, 0.2) is 9.59 Å². The fourth-order valence-electron chi connectivity index (χ4n) is 2.90. The normalized spacial score (nSPS) is 22.2. The minimum Gasteiger partial charge on any atom is -0.383 e. The van der Waals surface area contributed by atoms with E-state index in [1.54, 1.807) is 7.11 Å². The molecule has 0 radical (unpaired) electrons. The van der Waals surface area contributed by atoms with Crippen LogP contribution in [0.2, 0.25) is 0 Å². The van der Waals surface area contributed by atoms with Crippen molar-refractivity contribution in [2.24, 2.45) is 5.92 Å². The van der Waals surface area contributed by atoms with Gasteiger partial charge in [-0.1, -0.05) is 19.8 Å². The highest BCUT2D eigenvalue weighted by atomic mass is 16.5. The van der Waals surface area contributed by atoms with Crippen molar-refractivity contribution in [3.05, 3.63) is 20.8 Å². The third kappa shape index (κ3) is 3.66. The highest BCUT2D eigenvalue weighted by Crippen LogP contribution is 2.26. The van der Waals surface area contributed by atoms with E-state index in [9.17, 15) is 9.59 Å². The van der Waals surface area contributed by atoms with Crippen LogP contribution < -0.4 is 22.3 Å². The molecule has 21 heavy (non-hydrogen) atoms. The first kappa shape index (κ1) is 15.6. The van der Waals surface area contributed by atoms with Crippen molar-refractivity contribution in [3.63, 3.8) is 0 Å². The standard InChI is InChI=1S/C14H24N4O3/c1-9-4-3-5-10(8-9)16-11-12(15)18(6-7-21-2)14(20)17-13(11)19/h9-10,16H,3-8,15H2,1-2H3,(H,17,19,20). The van der Waals surface area contributed by atoms with Crippen molar-refractivity contribution in [2.75, 3.05) is 24.8 Å². The van der Waals surface area contributed by atoms with Gasteiger partial charge in [0.15, 0.2) is 0 Å². The topological polar surface area (TPSA) is 102 Å². The van der Waals surface area contributed by atoms with Gasteiger partial charge in [0.2, 0.25) is 0 Å². The Balaban J connectivity index is 2.26. The van der Waals surface area contributed by atoms with Crippen LogP contribution in [-0.2, 0) is 11.3 Å². The smallest absolute Gasteiger partial charge is 0.330 e. The van der Waals surface area contributed by atoms with E-state index in [1.807, 2.05) is 0 Å². The number of nitrogen functional groups attached to an aromatic ring is 1. The molecule has 0 spiro atoms. The molecule has 1 heterocycles. The second kappa shape index (κ2) is 6.80. The van der Waals surface area contributed by atoms with E-state index in [1.165, 1.54) is 11.0 Å². The number of aromatic amines is 1. The van der Waals surface area contributed by atoms with Crippen molar-refractivity contribution >= 4 is 11.5 Å². The van der Waals surface area contributed by atoms with Crippen molar-refractivity contribution in [2.45, 2.75) is 45.2 Å². The first-order valence-electron chi connectivity index (χ1n) is 7.41. The molecule has 0 bridgehead atoms. The largest absolute Gasteiger partial charge is 0.383 e. The Labute approximate surface area is 123 Å². The molecule has 118 valence electrons. The molecule has 0 amide bonds. The third-order valence-corrected chi connectivity index (χ3v) is 4.04. The lowest BCUT2D eigenvalue weighted by Crippen LogP contribution is -2.37. The number of hydrogen-bond donors (Lipinski definition) is 3. The molecule has 1 aromatic heterocycles. The van der Waals surface area contributed by atoms with Gasteiger partial charge in [0.1, 0.15) is 11.5 Å². The highest BCUT2D eigenvalue weighted by Gasteiger charge is 2.21. The monoisotopic (exact) mass is 296 g/mol. The molecule has 1 aliphatic rings. The average Bonchev–Trinajstić information content (AvgIpc) is 2.43. The maximum absolute atomic E-state index is 12.0. The quantitative estimate of drug-likeness (QED) is 0.744. The van der Waals surface area contributed by atoms with Gasteiger partial charge in [0.05, 0.1) is 13.2 Å². The first-order chi connectivity index (χ1) is 10.0. The fourth-order valence-corrected chi connectivity index (χ4v) is 2.90. The molecule has 7 heteroatoms. The summed E-state index contributed by atoms with van der Waals surface area (Å²) in [7, 11) is 1.55. The molecule has 7 nitrogen and oxygen atoms in total. The van der Waals surface area contributed by atoms with Crippen molar-refractivity contribution < 1.29 is 4.74 Å². The number of nitrogens with two attached hydrogens (primary N) is 1. The maximum Gasteiger partial charge on any atom is 0.330 e. The van der Waals surface area contributed by atoms with E-state index >= 15 is 0 Å². The molecule has 2 unspecified atom stereocenters. The lowest BCUT2D eigenvalue weighted by molar-refractivity contribution is 0.186. The second-order valence-electron chi connectivity index (χ2n) is 5.78. The first-order valence-corrected chi connectivity index (χ1v) is 7.41. The molecular formula is C14H24N4O3. The number of H-pyrrole nitrogens is 1. The van der Waals surface area contributed by atoms with Crippen LogP contribution in [0.5, 0.6) is 0 Å². The summed E-state index contributed by atoms with van der Waals surface area (Å²) >= 11 is 0. The fraction of sp³-hybridized carbons (Fsp3) is 0.714. The Morgan fingerprint density at radius 2 is 2.19 bits per heavy atom. The van der Waals surface area contributed by atoms with Gasteiger partial charge in [-0.2, -0.15) is 0 Å². The van der Waals surface area contributed by atoms with Crippen LogP contribution in [0.3, 0.4) is 0 Å². The molecule has 0 aromatic carbocycles. The maximum atomic E-state index is 12.0. The van der Waals surface area contributed by atoms with Crippen LogP contribution in [-0.4, -0.2) is 29.3 Å². The minimum atomic E-state index is -0.503. The molecule has 0 aliphatic heterocycles. The van der Waals surface area contributed by atoms with Gasteiger partial charge in [-0.15, -0.1) is 0 Å². The van der Waals surface area contributed by atoms with Crippen LogP contribution in [0.4, 0.5) is 11.5 Å². The van der Waals surface area contributed by atoms with E-state index in [0.29, 0.717) is 24.8 Å². The summed E-state index contributed by atoms with van der Waals surface area (Å²) in [5.41, 5.74) is 5.34. The van der Waals surface area contributed by atoms with E-state index in [2.05, 4.69) is 17.2 Å². The Kier molecular flexibility index (Phi) is 5.06. The van der Waals surface area contributed by atoms with Crippen LogP contribution in [0.1, 0.15) is 32.6 Å². The molecule has 4 N–H and O–H groups in total. The van der Waals surface area contributed by atoms with Gasteiger partial charge >= 0.3 is 5.69 Å². The second-order valence-corrected chi connectivity index (χ2v) is 5.78.